The van der Waals surface area contributed by atoms with Crippen molar-refractivity contribution in [1.29, 1.82) is 0 Å². The van der Waals surface area contributed by atoms with Gasteiger partial charge in [0.1, 0.15) is 5.82 Å². The highest BCUT2D eigenvalue weighted by Crippen LogP contribution is 2.21. The summed E-state index contributed by atoms with van der Waals surface area (Å²) in [7, 11) is 0. The van der Waals surface area contributed by atoms with E-state index in [1.807, 2.05) is 12.1 Å². The van der Waals surface area contributed by atoms with Gasteiger partial charge >= 0.3 is 0 Å². The number of piperidine rings is 1. The van der Waals surface area contributed by atoms with E-state index < -0.39 is 0 Å². The maximum atomic E-state index is 13.7. The Balaban J connectivity index is 2.03. The quantitative estimate of drug-likeness (QED) is 0.864. The van der Waals surface area contributed by atoms with E-state index in [1.165, 1.54) is 18.9 Å². The fourth-order valence-corrected chi connectivity index (χ4v) is 2.50. The molecule has 0 amide bonds. The van der Waals surface area contributed by atoms with Gasteiger partial charge in [-0.3, -0.25) is 0 Å². The maximum Gasteiger partial charge on any atom is 0.146 e. The largest absolute Gasteiger partial charge is 0.369 e. The summed E-state index contributed by atoms with van der Waals surface area (Å²) < 4.78 is 13.7. The van der Waals surface area contributed by atoms with Crippen molar-refractivity contribution in [2.24, 2.45) is 5.92 Å². The number of hydrogen-bond acceptors (Lipinski definition) is 2. The summed E-state index contributed by atoms with van der Waals surface area (Å²) in [5.74, 6) is 0.529. The molecule has 0 radical (unpaired) electrons. The van der Waals surface area contributed by atoms with Gasteiger partial charge in [-0.25, -0.2) is 4.39 Å². The first-order chi connectivity index (χ1) is 8.31. The van der Waals surface area contributed by atoms with Crippen LogP contribution in [0.2, 0.25) is 0 Å². The van der Waals surface area contributed by atoms with Crippen molar-refractivity contribution in [3.8, 4) is 0 Å². The number of nitrogens with one attached hydrogen (secondary N) is 1. The van der Waals surface area contributed by atoms with E-state index in [2.05, 4.69) is 17.1 Å². The second-order valence-corrected chi connectivity index (χ2v) is 4.70. The van der Waals surface area contributed by atoms with Crippen molar-refractivity contribution in [2.75, 3.05) is 31.1 Å². The highest BCUT2D eigenvalue weighted by Gasteiger charge is 2.17. The molecule has 0 spiro atoms. The standard InChI is InChI=1S/C14H21FN2/c1-2-17(11-12-6-5-9-16-10-12)14-8-4-3-7-13(14)15/h3-4,7-8,12,16H,2,5-6,9-11H2,1H3. The van der Waals surface area contributed by atoms with E-state index in [4.69, 9.17) is 0 Å². The van der Waals surface area contributed by atoms with Crippen LogP contribution in [0.25, 0.3) is 0 Å². The number of halogens is 1. The maximum absolute atomic E-state index is 13.7. The lowest BCUT2D eigenvalue weighted by Crippen LogP contribution is -2.38. The van der Waals surface area contributed by atoms with Gasteiger partial charge in [-0.05, 0) is 50.9 Å². The summed E-state index contributed by atoms with van der Waals surface area (Å²) in [4.78, 5) is 2.15. The summed E-state index contributed by atoms with van der Waals surface area (Å²) in [6.07, 6.45) is 2.48. The Bertz CT molecular complexity index is 348. The highest BCUT2D eigenvalue weighted by atomic mass is 19.1. The second kappa shape index (κ2) is 6.01. The van der Waals surface area contributed by atoms with Crippen molar-refractivity contribution in [3.63, 3.8) is 0 Å². The molecule has 94 valence electrons. The van der Waals surface area contributed by atoms with Crippen LogP contribution in [0, 0.1) is 11.7 Å². The number of anilines is 1. The molecular formula is C14H21FN2. The fourth-order valence-electron chi connectivity index (χ4n) is 2.50. The first kappa shape index (κ1) is 12.4. The van der Waals surface area contributed by atoms with Gasteiger partial charge in [-0.15, -0.1) is 0 Å². The lowest BCUT2D eigenvalue weighted by molar-refractivity contribution is 0.377. The first-order valence-electron chi connectivity index (χ1n) is 6.51. The molecule has 3 heteroatoms. The smallest absolute Gasteiger partial charge is 0.146 e. The highest BCUT2D eigenvalue weighted by molar-refractivity contribution is 5.47. The van der Waals surface area contributed by atoms with Crippen molar-refractivity contribution >= 4 is 5.69 Å². The Morgan fingerprint density at radius 1 is 1.41 bits per heavy atom. The van der Waals surface area contributed by atoms with Crippen LogP contribution < -0.4 is 10.2 Å². The van der Waals surface area contributed by atoms with Gasteiger partial charge in [0, 0.05) is 13.1 Å². The molecule has 1 aromatic carbocycles. The SMILES string of the molecule is CCN(CC1CCCNC1)c1ccccc1F. The minimum Gasteiger partial charge on any atom is -0.369 e. The summed E-state index contributed by atoms with van der Waals surface area (Å²) >= 11 is 0. The second-order valence-electron chi connectivity index (χ2n) is 4.70. The van der Waals surface area contributed by atoms with E-state index in [-0.39, 0.29) is 5.82 Å². The van der Waals surface area contributed by atoms with Crippen LogP contribution in [-0.2, 0) is 0 Å². The molecule has 1 N–H and O–H groups in total. The van der Waals surface area contributed by atoms with Gasteiger partial charge in [0.05, 0.1) is 5.69 Å². The minimum atomic E-state index is -0.113. The molecule has 2 nitrogen and oxygen atoms in total. The summed E-state index contributed by atoms with van der Waals surface area (Å²) in [5.41, 5.74) is 0.737. The van der Waals surface area contributed by atoms with Crippen molar-refractivity contribution in [1.82, 2.24) is 5.32 Å². The molecule has 1 aliphatic rings. The zero-order valence-corrected chi connectivity index (χ0v) is 10.5. The topological polar surface area (TPSA) is 15.3 Å². The van der Waals surface area contributed by atoms with Crippen molar-refractivity contribution in [2.45, 2.75) is 19.8 Å². The van der Waals surface area contributed by atoms with Gasteiger partial charge in [0.25, 0.3) is 0 Å². The van der Waals surface area contributed by atoms with E-state index in [0.717, 1.165) is 31.9 Å². The summed E-state index contributed by atoms with van der Waals surface area (Å²) in [6, 6.07) is 7.06. The van der Waals surface area contributed by atoms with Crippen LogP contribution in [0.15, 0.2) is 24.3 Å². The third-order valence-corrected chi connectivity index (χ3v) is 3.45. The minimum absolute atomic E-state index is 0.113. The fraction of sp³-hybridized carbons (Fsp3) is 0.571. The Morgan fingerprint density at radius 3 is 2.88 bits per heavy atom. The predicted molar refractivity (Wildman–Crippen MR) is 69.9 cm³/mol. The molecule has 1 heterocycles. The van der Waals surface area contributed by atoms with E-state index in [0.29, 0.717) is 5.92 Å². The number of nitrogens with zero attached hydrogens (tertiary/aromatic N) is 1. The Labute approximate surface area is 103 Å². The zero-order chi connectivity index (χ0) is 12.1. The Morgan fingerprint density at radius 2 is 2.24 bits per heavy atom. The Hall–Kier alpha value is -1.09. The monoisotopic (exact) mass is 236 g/mol. The van der Waals surface area contributed by atoms with Crippen LogP contribution in [0.3, 0.4) is 0 Å². The third kappa shape index (κ3) is 3.19. The predicted octanol–water partition coefficient (Wildman–Crippen LogP) is 2.65. The van der Waals surface area contributed by atoms with E-state index in [1.54, 1.807) is 6.07 Å². The van der Waals surface area contributed by atoms with Gasteiger partial charge in [0.2, 0.25) is 0 Å². The number of para-hydroxylation sites is 1. The summed E-state index contributed by atoms with van der Waals surface area (Å²) in [6.45, 7) is 6.08. The molecule has 0 bridgehead atoms. The molecule has 1 fully saturated rings. The molecule has 0 saturated carbocycles. The van der Waals surface area contributed by atoms with Crippen molar-refractivity contribution < 1.29 is 4.39 Å². The van der Waals surface area contributed by atoms with Crippen LogP contribution in [0.1, 0.15) is 19.8 Å². The lowest BCUT2D eigenvalue weighted by Gasteiger charge is -2.31. The number of rotatable bonds is 4. The van der Waals surface area contributed by atoms with Crippen LogP contribution in [0.5, 0.6) is 0 Å². The van der Waals surface area contributed by atoms with E-state index >= 15 is 0 Å². The molecule has 0 aromatic heterocycles. The number of benzene rings is 1. The molecule has 1 unspecified atom stereocenters. The summed E-state index contributed by atoms with van der Waals surface area (Å²) in [5, 5.41) is 3.41. The average Bonchev–Trinajstić information content (AvgIpc) is 2.38. The molecule has 0 aliphatic carbocycles. The normalized spacial score (nSPS) is 20.2. The van der Waals surface area contributed by atoms with Crippen molar-refractivity contribution in [3.05, 3.63) is 30.1 Å². The van der Waals surface area contributed by atoms with Crippen LogP contribution in [0.4, 0.5) is 10.1 Å². The van der Waals surface area contributed by atoms with Crippen LogP contribution in [-0.4, -0.2) is 26.2 Å². The first-order valence-corrected chi connectivity index (χ1v) is 6.51. The van der Waals surface area contributed by atoms with Gasteiger partial charge < -0.3 is 10.2 Å². The average molecular weight is 236 g/mol. The molecule has 1 atom stereocenters. The third-order valence-electron chi connectivity index (χ3n) is 3.45. The number of hydrogen-bond donors (Lipinski definition) is 1. The molecular weight excluding hydrogens is 215 g/mol. The van der Waals surface area contributed by atoms with Crippen LogP contribution >= 0.6 is 0 Å². The van der Waals surface area contributed by atoms with Gasteiger partial charge in [-0.1, -0.05) is 12.1 Å². The van der Waals surface area contributed by atoms with E-state index in [9.17, 15) is 4.39 Å². The molecule has 1 saturated heterocycles. The van der Waals surface area contributed by atoms with Gasteiger partial charge in [-0.2, -0.15) is 0 Å². The molecule has 1 aromatic rings. The Kier molecular flexibility index (Phi) is 4.37. The molecule has 1 aliphatic heterocycles. The molecule has 2 rings (SSSR count). The molecule has 17 heavy (non-hydrogen) atoms. The lowest BCUT2D eigenvalue weighted by atomic mass is 9.99. The zero-order valence-electron chi connectivity index (χ0n) is 10.5. The van der Waals surface area contributed by atoms with Gasteiger partial charge in [0.15, 0.2) is 0 Å².